The highest BCUT2D eigenvalue weighted by atomic mass is 32.2. The van der Waals surface area contributed by atoms with Crippen molar-refractivity contribution in [2.45, 2.75) is 5.75 Å². The molecule has 0 radical (unpaired) electrons. The molecule has 3 nitrogen and oxygen atoms in total. The Hall–Kier alpha value is -2.00. The molecule has 1 N–H and O–H groups in total. The molecular formula is C25H30NO2PS. The highest BCUT2D eigenvalue weighted by molar-refractivity contribution is 7.98. The first-order valence-corrected chi connectivity index (χ1v) is 12.9. The van der Waals surface area contributed by atoms with Gasteiger partial charge in [0.2, 0.25) is 0 Å². The van der Waals surface area contributed by atoms with Gasteiger partial charge < -0.3 is 14.8 Å². The SMILES string of the molecule is COc1ccc(P(CCNCCSCc2ccccc2)c2ccc(OC)cc2)cc1. The van der Waals surface area contributed by atoms with E-state index in [2.05, 4.69) is 84.2 Å². The van der Waals surface area contributed by atoms with E-state index in [1.54, 1.807) is 14.2 Å². The van der Waals surface area contributed by atoms with E-state index >= 15 is 0 Å². The first kappa shape index (κ1) is 22.7. The van der Waals surface area contributed by atoms with Crippen molar-refractivity contribution in [2.24, 2.45) is 0 Å². The van der Waals surface area contributed by atoms with E-state index in [4.69, 9.17) is 9.47 Å². The van der Waals surface area contributed by atoms with Crippen molar-refractivity contribution in [1.82, 2.24) is 5.32 Å². The Morgan fingerprint density at radius 2 is 1.30 bits per heavy atom. The first-order valence-electron chi connectivity index (χ1n) is 10.2. The third kappa shape index (κ3) is 7.05. The Labute approximate surface area is 185 Å². The van der Waals surface area contributed by atoms with Crippen LogP contribution < -0.4 is 25.4 Å². The van der Waals surface area contributed by atoms with Gasteiger partial charge in [0.25, 0.3) is 0 Å². The van der Waals surface area contributed by atoms with Gasteiger partial charge in [-0.15, -0.1) is 0 Å². The Morgan fingerprint density at radius 3 is 1.83 bits per heavy atom. The maximum absolute atomic E-state index is 5.33. The smallest absolute Gasteiger partial charge is 0.118 e. The molecular weight excluding hydrogens is 409 g/mol. The lowest BCUT2D eigenvalue weighted by Crippen LogP contribution is -2.24. The van der Waals surface area contributed by atoms with Crippen LogP contribution >= 0.6 is 19.7 Å². The number of nitrogens with one attached hydrogen (secondary N) is 1. The molecule has 30 heavy (non-hydrogen) atoms. The van der Waals surface area contributed by atoms with Gasteiger partial charge in [-0.25, -0.2) is 0 Å². The summed E-state index contributed by atoms with van der Waals surface area (Å²) in [6.45, 7) is 2.04. The van der Waals surface area contributed by atoms with Crippen molar-refractivity contribution >= 4 is 30.3 Å². The van der Waals surface area contributed by atoms with Crippen LogP contribution in [0.1, 0.15) is 5.56 Å². The lowest BCUT2D eigenvalue weighted by atomic mass is 10.2. The largest absolute Gasteiger partial charge is 0.497 e. The van der Waals surface area contributed by atoms with Crippen LogP contribution in [0.15, 0.2) is 78.9 Å². The summed E-state index contributed by atoms with van der Waals surface area (Å²) in [6.07, 6.45) is 1.11. The van der Waals surface area contributed by atoms with E-state index in [0.29, 0.717) is 0 Å². The van der Waals surface area contributed by atoms with E-state index in [1.165, 1.54) is 16.2 Å². The number of hydrogen-bond acceptors (Lipinski definition) is 4. The maximum atomic E-state index is 5.33. The zero-order valence-electron chi connectivity index (χ0n) is 17.7. The Bertz CT molecular complexity index is 809. The molecule has 0 aliphatic heterocycles. The fourth-order valence-corrected chi connectivity index (χ4v) is 6.23. The van der Waals surface area contributed by atoms with Crippen molar-refractivity contribution < 1.29 is 9.47 Å². The normalized spacial score (nSPS) is 10.9. The van der Waals surface area contributed by atoms with E-state index < -0.39 is 7.92 Å². The topological polar surface area (TPSA) is 30.5 Å². The van der Waals surface area contributed by atoms with Crippen LogP contribution in [-0.2, 0) is 5.75 Å². The molecule has 0 atom stereocenters. The second kappa shape index (κ2) is 12.6. The molecule has 158 valence electrons. The molecule has 3 rings (SSSR count). The quantitative estimate of drug-likeness (QED) is 0.328. The van der Waals surface area contributed by atoms with Gasteiger partial charge in [-0.2, -0.15) is 11.8 Å². The predicted molar refractivity (Wildman–Crippen MR) is 133 cm³/mol. The Balaban J connectivity index is 1.51. The number of hydrogen-bond donors (Lipinski definition) is 1. The molecule has 0 saturated carbocycles. The average Bonchev–Trinajstić information content (AvgIpc) is 2.82. The van der Waals surface area contributed by atoms with Crippen molar-refractivity contribution in [3.8, 4) is 11.5 Å². The Morgan fingerprint density at radius 1 is 0.733 bits per heavy atom. The molecule has 0 unspecified atom stereocenters. The van der Waals surface area contributed by atoms with E-state index in [1.807, 2.05) is 11.8 Å². The van der Waals surface area contributed by atoms with Crippen molar-refractivity contribution in [3.63, 3.8) is 0 Å². The van der Waals surface area contributed by atoms with Gasteiger partial charge in [0.15, 0.2) is 0 Å². The fourth-order valence-electron chi connectivity index (χ4n) is 3.16. The van der Waals surface area contributed by atoms with Gasteiger partial charge in [-0.1, -0.05) is 54.6 Å². The van der Waals surface area contributed by atoms with Gasteiger partial charge in [0, 0.05) is 18.1 Å². The van der Waals surface area contributed by atoms with Gasteiger partial charge in [-0.3, -0.25) is 0 Å². The lowest BCUT2D eigenvalue weighted by Gasteiger charge is -2.20. The van der Waals surface area contributed by atoms with Crippen LogP contribution in [-0.4, -0.2) is 39.2 Å². The molecule has 0 amide bonds. The molecule has 0 bridgehead atoms. The van der Waals surface area contributed by atoms with Crippen LogP contribution in [0.25, 0.3) is 0 Å². The van der Waals surface area contributed by atoms with Crippen molar-refractivity contribution in [1.29, 1.82) is 0 Å². The summed E-state index contributed by atoms with van der Waals surface area (Å²) in [4.78, 5) is 0. The summed E-state index contributed by atoms with van der Waals surface area (Å²) >= 11 is 1.98. The monoisotopic (exact) mass is 439 g/mol. The summed E-state index contributed by atoms with van der Waals surface area (Å²) < 4.78 is 10.7. The van der Waals surface area contributed by atoms with Crippen LogP contribution in [0.3, 0.4) is 0 Å². The van der Waals surface area contributed by atoms with Crippen LogP contribution in [0.4, 0.5) is 0 Å². The highest BCUT2D eigenvalue weighted by Gasteiger charge is 2.14. The minimum atomic E-state index is -0.427. The van der Waals surface area contributed by atoms with Gasteiger partial charge in [0.05, 0.1) is 14.2 Å². The van der Waals surface area contributed by atoms with E-state index in [-0.39, 0.29) is 0 Å². The van der Waals surface area contributed by atoms with Crippen molar-refractivity contribution in [3.05, 3.63) is 84.4 Å². The van der Waals surface area contributed by atoms with E-state index in [9.17, 15) is 0 Å². The lowest BCUT2D eigenvalue weighted by molar-refractivity contribution is 0.415. The molecule has 0 spiro atoms. The molecule has 0 aliphatic rings. The molecule has 5 heteroatoms. The summed E-state index contributed by atoms with van der Waals surface area (Å²) in [5, 5.41) is 6.38. The summed E-state index contributed by atoms with van der Waals surface area (Å²) in [5.74, 6) is 4.00. The van der Waals surface area contributed by atoms with Gasteiger partial charge >= 0.3 is 0 Å². The third-order valence-corrected chi connectivity index (χ3v) is 8.36. The Kier molecular flexibility index (Phi) is 9.56. The molecule has 3 aromatic rings. The molecule has 3 aromatic carbocycles. The summed E-state index contributed by atoms with van der Waals surface area (Å²) in [7, 11) is 2.99. The summed E-state index contributed by atoms with van der Waals surface area (Å²) in [5.41, 5.74) is 1.39. The minimum Gasteiger partial charge on any atom is -0.497 e. The molecule has 0 aliphatic carbocycles. The number of methoxy groups -OCH3 is 2. The molecule has 0 heterocycles. The van der Waals surface area contributed by atoms with Gasteiger partial charge in [-0.05, 0) is 61.1 Å². The molecule has 0 aromatic heterocycles. The van der Waals surface area contributed by atoms with Crippen LogP contribution in [0.2, 0.25) is 0 Å². The zero-order valence-corrected chi connectivity index (χ0v) is 19.4. The standard InChI is InChI=1S/C25H30NO2PS/c1-27-22-8-12-24(13-9-22)29(25-14-10-23(28-2)11-15-25)18-16-26-17-19-30-20-21-6-4-3-5-7-21/h3-15,26H,16-20H2,1-2H3. The van der Waals surface area contributed by atoms with Gasteiger partial charge in [0.1, 0.15) is 11.5 Å². The van der Waals surface area contributed by atoms with E-state index in [0.717, 1.165) is 42.3 Å². The zero-order chi connectivity index (χ0) is 21.0. The first-order chi connectivity index (χ1) is 14.8. The minimum absolute atomic E-state index is 0.427. The third-order valence-electron chi connectivity index (χ3n) is 4.82. The molecule has 0 fully saturated rings. The van der Waals surface area contributed by atoms with Crippen LogP contribution in [0.5, 0.6) is 11.5 Å². The second-order valence-electron chi connectivity index (χ2n) is 6.84. The van der Waals surface area contributed by atoms with Crippen molar-refractivity contribution in [2.75, 3.05) is 39.2 Å². The number of rotatable bonds is 12. The predicted octanol–water partition coefficient (Wildman–Crippen LogP) is 4.66. The van der Waals surface area contributed by atoms with Crippen LogP contribution in [0, 0.1) is 0 Å². The average molecular weight is 440 g/mol. The highest BCUT2D eigenvalue weighted by Crippen LogP contribution is 2.34. The number of benzene rings is 3. The fraction of sp³-hybridized carbons (Fsp3) is 0.280. The second-order valence-corrected chi connectivity index (χ2v) is 10.3. The maximum Gasteiger partial charge on any atom is 0.118 e. The number of thioether (sulfide) groups is 1. The summed E-state index contributed by atoms with van der Waals surface area (Å²) in [6, 6.07) is 27.7. The molecule has 0 saturated heterocycles. The number of ether oxygens (including phenoxy) is 2.